The molecule has 4 rings (SSSR count). The van der Waals surface area contributed by atoms with Crippen molar-refractivity contribution in [3.8, 4) is 17.2 Å². The summed E-state index contributed by atoms with van der Waals surface area (Å²) in [6.07, 6.45) is 1.64. The Morgan fingerprint density at radius 3 is 2.20 bits per heavy atom. The van der Waals surface area contributed by atoms with Crippen molar-refractivity contribution >= 4 is 11.6 Å². The number of halogens is 1. The zero-order chi connectivity index (χ0) is 24.8. The van der Waals surface area contributed by atoms with Gasteiger partial charge in [0, 0.05) is 44.0 Å². The van der Waals surface area contributed by atoms with E-state index in [0.29, 0.717) is 29.4 Å². The van der Waals surface area contributed by atoms with Crippen LogP contribution in [0.5, 0.6) is 17.2 Å². The summed E-state index contributed by atoms with van der Waals surface area (Å²) in [5.74, 6) is 1.54. The molecule has 0 spiro atoms. The highest BCUT2D eigenvalue weighted by molar-refractivity contribution is 5.95. The Bertz CT molecular complexity index is 1090. The monoisotopic (exact) mass is 483 g/mol. The molecule has 9 heteroatoms. The third-order valence-electron chi connectivity index (χ3n) is 6.20. The molecule has 2 heterocycles. The maximum atomic E-state index is 13.3. The second-order valence-electron chi connectivity index (χ2n) is 8.15. The van der Waals surface area contributed by atoms with E-state index >= 15 is 0 Å². The lowest BCUT2D eigenvalue weighted by Gasteiger charge is -2.39. The molecule has 1 fully saturated rings. The molecule has 1 aromatic heterocycles. The summed E-state index contributed by atoms with van der Waals surface area (Å²) in [5, 5.41) is 3.03. The molecule has 0 bridgehead atoms. The molecule has 0 aliphatic carbocycles. The minimum atomic E-state index is -0.259. The van der Waals surface area contributed by atoms with E-state index in [1.54, 1.807) is 30.5 Å². The number of methoxy groups -OCH3 is 3. The first-order valence-electron chi connectivity index (χ1n) is 11.4. The molecule has 2 aromatic carbocycles. The van der Waals surface area contributed by atoms with Crippen molar-refractivity contribution in [2.24, 2.45) is 0 Å². The Hall–Kier alpha value is -3.72. The lowest BCUT2D eigenvalue weighted by molar-refractivity contribution is 0.0922. The normalized spacial score (nSPS) is 14.9. The second kappa shape index (κ2) is 11.1. The van der Waals surface area contributed by atoms with Gasteiger partial charge in [-0.05, 0) is 48.5 Å². The van der Waals surface area contributed by atoms with Crippen LogP contribution in [0.2, 0.25) is 0 Å². The fourth-order valence-corrected chi connectivity index (χ4v) is 4.34. The van der Waals surface area contributed by atoms with Crippen LogP contribution in [0.15, 0.2) is 59.2 Å². The maximum absolute atomic E-state index is 13.3. The van der Waals surface area contributed by atoms with Crippen molar-refractivity contribution in [3.63, 3.8) is 0 Å². The summed E-state index contributed by atoms with van der Waals surface area (Å²) in [6, 6.07) is 13.4. The van der Waals surface area contributed by atoms with Crippen LogP contribution in [0.4, 0.5) is 10.1 Å². The minimum Gasteiger partial charge on any atom is -0.493 e. The maximum Gasteiger partial charge on any atom is 0.251 e. The molecule has 0 radical (unpaired) electrons. The van der Waals surface area contributed by atoms with E-state index in [0.717, 1.165) is 37.6 Å². The Balaban J connectivity index is 1.45. The van der Waals surface area contributed by atoms with Crippen LogP contribution in [-0.2, 0) is 0 Å². The predicted octanol–water partition coefficient (Wildman–Crippen LogP) is 3.74. The number of piperazine rings is 1. The number of carbonyl (C=O) groups is 1. The zero-order valence-electron chi connectivity index (χ0n) is 20.1. The molecule has 8 nitrogen and oxygen atoms in total. The first-order chi connectivity index (χ1) is 17.0. The number of furan rings is 1. The minimum absolute atomic E-state index is 0.133. The van der Waals surface area contributed by atoms with Crippen LogP contribution in [0.3, 0.4) is 0 Å². The number of anilines is 1. The van der Waals surface area contributed by atoms with Crippen molar-refractivity contribution in [1.82, 2.24) is 10.2 Å². The summed E-state index contributed by atoms with van der Waals surface area (Å²) >= 11 is 0. The van der Waals surface area contributed by atoms with E-state index in [1.807, 2.05) is 12.1 Å². The molecule has 186 valence electrons. The Morgan fingerprint density at radius 2 is 1.66 bits per heavy atom. The molecule has 1 amide bonds. The lowest BCUT2D eigenvalue weighted by atomic mass is 10.1. The van der Waals surface area contributed by atoms with Gasteiger partial charge in [0.05, 0.1) is 33.6 Å². The fraction of sp³-hybridized carbons (Fsp3) is 0.346. The van der Waals surface area contributed by atoms with Gasteiger partial charge in [-0.3, -0.25) is 9.69 Å². The Kier molecular flexibility index (Phi) is 7.77. The van der Waals surface area contributed by atoms with Crippen molar-refractivity contribution in [3.05, 3.63) is 71.9 Å². The van der Waals surface area contributed by atoms with E-state index in [9.17, 15) is 9.18 Å². The smallest absolute Gasteiger partial charge is 0.251 e. The predicted molar refractivity (Wildman–Crippen MR) is 130 cm³/mol. The van der Waals surface area contributed by atoms with Crippen molar-refractivity contribution < 1.29 is 27.8 Å². The van der Waals surface area contributed by atoms with Gasteiger partial charge in [-0.25, -0.2) is 4.39 Å². The Labute approximate surface area is 204 Å². The zero-order valence-corrected chi connectivity index (χ0v) is 20.1. The van der Waals surface area contributed by atoms with E-state index in [2.05, 4.69) is 15.1 Å². The van der Waals surface area contributed by atoms with Crippen LogP contribution in [-0.4, -0.2) is 64.9 Å². The summed E-state index contributed by atoms with van der Waals surface area (Å²) < 4.78 is 35.1. The molecule has 3 aromatic rings. The molecule has 35 heavy (non-hydrogen) atoms. The number of nitrogens with one attached hydrogen (secondary N) is 1. The van der Waals surface area contributed by atoms with E-state index < -0.39 is 0 Å². The molecule has 0 saturated carbocycles. The van der Waals surface area contributed by atoms with E-state index in [4.69, 9.17) is 18.6 Å². The number of hydrogen-bond donors (Lipinski definition) is 1. The van der Waals surface area contributed by atoms with Gasteiger partial charge >= 0.3 is 0 Å². The van der Waals surface area contributed by atoms with Gasteiger partial charge in [0.1, 0.15) is 11.6 Å². The average molecular weight is 484 g/mol. The molecular formula is C26H30FN3O5. The lowest BCUT2D eigenvalue weighted by Crippen LogP contribution is -2.49. The highest BCUT2D eigenvalue weighted by atomic mass is 19.1. The van der Waals surface area contributed by atoms with Gasteiger partial charge < -0.3 is 28.8 Å². The first kappa shape index (κ1) is 24.4. The van der Waals surface area contributed by atoms with Crippen molar-refractivity contribution in [2.45, 2.75) is 6.04 Å². The van der Waals surface area contributed by atoms with Gasteiger partial charge in [0.25, 0.3) is 5.91 Å². The summed E-state index contributed by atoms with van der Waals surface area (Å²) in [7, 11) is 4.54. The topological polar surface area (TPSA) is 76.4 Å². The third kappa shape index (κ3) is 5.51. The SMILES string of the molecule is COc1cc(C(=O)NC[C@H](c2ccco2)N2CCN(c3ccc(F)cc3)CC2)cc(OC)c1OC. The molecule has 1 N–H and O–H groups in total. The molecule has 1 aliphatic heterocycles. The summed E-state index contributed by atoms with van der Waals surface area (Å²) in [4.78, 5) is 17.6. The number of benzene rings is 2. The van der Waals surface area contributed by atoms with Gasteiger partial charge in [-0.1, -0.05) is 0 Å². The van der Waals surface area contributed by atoms with Crippen LogP contribution in [0.1, 0.15) is 22.2 Å². The van der Waals surface area contributed by atoms with Crippen molar-refractivity contribution in [2.75, 3.05) is 59.0 Å². The van der Waals surface area contributed by atoms with Crippen LogP contribution < -0.4 is 24.4 Å². The number of carbonyl (C=O) groups excluding carboxylic acids is 1. The number of ether oxygens (including phenoxy) is 3. The fourth-order valence-electron chi connectivity index (χ4n) is 4.34. The van der Waals surface area contributed by atoms with Crippen LogP contribution in [0, 0.1) is 5.82 Å². The standard InChI is InChI=1S/C26H30FN3O5/c1-32-23-15-18(16-24(33-2)25(23)34-3)26(31)28-17-21(22-5-4-14-35-22)30-12-10-29(11-13-30)20-8-6-19(27)7-9-20/h4-9,14-16,21H,10-13,17H2,1-3H3,(H,28,31)/t21-/m1/s1. The largest absolute Gasteiger partial charge is 0.493 e. The quantitative estimate of drug-likeness (QED) is 0.497. The number of rotatable bonds is 9. The summed E-state index contributed by atoms with van der Waals surface area (Å²) in [6.45, 7) is 3.46. The number of nitrogens with zero attached hydrogens (tertiary/aromatic N) is 2. The van der Waals surface area contributed by atoms with E-state index in [1.165, 1.54) is 33.5 Å². The van der Waals surface area contributed by atoms with Crippen LogP contribution >= 0.6 is 0 Å². The molecule has 1 atom stereocenters. The second-order valence-corrected chi connectivity index (χ2v) is 8.15. The highest BCUT2D eigenvalue weighted by Crippen LogP contribution is 2.38. The van der Waals surface area contributed by atoms with E-state index in [-0.39, 0.29) is 17.8 Å². The first-order valence-corrected chi connectivity index (χ1v) is 11.4. The number of hydrogen-bond acceptors (Lipinski definition) is 7. The number of amides is 1. The van der Waals surface area contributed by atoms with Crippen LogP contribution in [0.25, 0.3) is 0 Å². The molecular weight excluding hydrogens is 453 g/mol. The van der Waals surface area contributed by atoms with Gasteiger partial charge in [0.2, 0.25) is 5.75 Å². The summed E-state index contributed by atoms with van der Waals surface area (Å²) in [5.41, 5.74) is 1.40. The molecule has 1 aliphatic rings. The highest BCUT2D eigenvalue weighted by Gasteiger charge is 2.28. The van der Waals surface area contributed by atoms with Gasteiger partial charge in [-0.15, -0.1) is 0 Å². The molecule has 0 unspecified atom stereocenters. The third-order valence-corrected chi connectivity index (χ3v) is 6.20. The van der Waals surface area contributed by atoms with Crippen molar-refractivity contribution in [1.29, 1.82) is 0 Å². The van der Waals surface area contributed by atoms with Gasteiger partial charge in [-0.2, -0.15) is 0 Å². The van der Waals surface area contributed by atoms with Gasteiger partial charge in [0.15, 0.2) is 11.5 Å². The average Bonchev–Trinajstić information content (AvgIpc) is 3.43. The Morgan fingerprint density at radius 1 is 1.00 bits per heavy atom. The molecule has 1 saturated heterocycles.